The molecule has 22 heavy (non-hydrogen) atoms. The average molecular weight is 399 g/mol. The third-order valence-electron chi connectivity index (χ3n) is 3.07. The van der Waals surface area contributed by atoms with Crippen LogP contribution in [0.1, 0.15) is 5.56 Å². The molecule has 1 aromatic heterocycles. The Hall–Kier alpha value is -1.64. The maximum atomic E-state index is 12.5. The highest BCUT2D eigenvalue weighted by atomic mass is 79.9. The lowest BCUT2D eigenvalue weighted by atomic mass is 10.2. The Labute approximate surface area is 139 Å². The highest BCUT2D eigenvalue weighted by molar-refractivity contribution is 9.10. The first-order valence-electron chi connectivity index (χ1n) is 6.27. The number of halogens is 1. The van der Waals surface area contributed by atoms with Crippen LogP contribution < -0.4 is 9.60 Å². The maximum Gasteiger partial charge on any atom is 0.305 e. The van der Waals surface area contributed by atoms with Gasteiger partial charge in [0.2, 0.25) is 0 Å². The summed E-state index contributed by atoms with van der Waals surface area (Å²) in [5.41, 5.74) is 2.12. The van der Waals surface area contributed by atoms with E-state index < -0.39 is 10.0 Å². The van der Waals surface area contributed by atoms with Gasteiger partial charge < -0.3 is 4.98 Å². The maximum absolute atomic E-state index is 12.5. The van der Waals surface area contributed by atoms with Crippen molar-refractivity contribution in [2.45, 2.75) is 11.8 Å². The van der Waals surface area contributed by atoms with Crippen molar-refractivity contribution < 1.29 is 8.42 Å². The van der Waals surface area contributed by atoms with Crippen molar-refractivity contribution in [1.29, 1.82) is 0 Å². The molecule has 2 N–H and O–H groups in total. The molecule has 8 heteroatoms. The third-order valence-corrected chi connectivity index (χ3v) is 5.94. The normalized spacial score (nSPS) is 11.7. The van der Waals surface area contributed by atoms with E-state index in [2.05, 4.69) is 25.6 Å². The van der Waals surface area contributed by atoms with Gasteiger partial charge in [0, 0.05) is 4.47 Å². The van der Waals surface area contributed by atoms with Crippen molar-refractivity contribution in [3.63, 3.8) is 0 Å². The van der Waals surface area contributed by atoms with Gasteiger partial charge in [-0.25, -0.2) is 8.42 Å². The highest BCUT2D eigenvalue weighted by Gasteiger charge is 2.16. The molecule has 0 saturated carbocycles. The quantitative estimate of drug-likeness (QED) is 0.708. The number of nitrogens with one attached hydrogen (secondary N) is 2. The number of aromatic nitrogens is 1. The summed E-state index contributed by atoms with van der Waals surface area (Å²) in [6.45, 7) is 1.92. The molecule has 2 aromatic carbocycles. The zero-order chi connectivity index (χ0) is 15.9. The summed E-state index contributed by atoms with van der Waals surface area (Å²) in [6, 6.07) is 9.90. The number of aryl methyl sites for hydroxylation is 1. The van der Waals surface area contributed by atoms with E-state index >= 15 is 0 Å². The van der Waals surface area contributed by atoms with Gasteiger partial charge >= 0.3 is 4.87 Å². The Kier molecular flexibility index (Phi) is 3.84. The van der Waals surface area contributed by atoms with Crippen LogP contribution in [0.5, 0.6) is 0 Å². The number of benzene rings is 2. The molecule has 0 atom stereocenters. The molecule has 114 valence electrons. The van der Waals surface area contributed by atoms with Crippen molar-refractivity contribution >= 4 is 53.2 Å². The molecule has 0 aliphatic rings. The summed E-state index contributed by atoms with van der Waals surface area (Å²) >= 11 is 4.33. The Morgan fingerprint density at radius 2 is 1.95 bits per heavy atom. The van der Waals surface area contributed by atoms with Gasteiger partial charge in [-0.1, -0.05) is 17.4 Å². The van der Waals surface area contributed by atoms with Gasteiger partial charge in [0.25, 0.3) is 10.0 Å². The number of fused-ring (bicyclic) bond motifs is 1. The van der Waals surface area contributed by atoms with Gasteiger partial charge in [-0.15, -0.1) is 0 Å². The van der Waals surface area contributed by atoms with E-state index in [1.807, 2.05) is 19.1 Å². The lowest BCUT2D eigenvalue weighted by Gasteiger charge is -2.10. The second kappa shape index (κ2) is 5.53. The molecule has 0 aliphatic heterocycles. The molecule has 0 bridgehead atoms. The first kappa shape index (κ1) is 15.3. The molecular formula is C14H11BrN2O3S2. The van der Waals surface area contributed by atoms with E-state index in [4.69, 9.17) is 0 Å². The number of anilines is 1. The monoisotopic (exact) mass is 398 g/mol. The van der Waals surface area contributed by atoms with E-state index in [0.717, 1.165) is 16.9 Å². The van der Waals surface area contributed by atoms with Crippen LogP contribution in [0.2, 0.25) is 0 Å². The molecule has 0 spiro atoms. The van der Waals surface area contributed by atoms with Crippen LogP contribution in [0.15, 0.2) is 50.6 Å². The fraction of sp³-hybridized carbons (Fsp3) is 0.0714. The van der Waals surface area contributed by atoms with Crippen LogP contribution in [0.4, 0.5) is 5.69 Å². The van der Waals surface area contributed by atoms with Gasteiger partial charge in [-0.2, -0.15) is 0 Å². The van der Waals surface area contributed by atoms with Gasteiger partial charge in [-0.3, -0.25) is 9.52 Å². The van der Waals surface area contributed by atoms with Crippen LogP contribution >= 0.6 is 27.3 Å². The summed E-state index contributed by atoms with van der Waals surface area (Å²) < 4.78 is 28.8. The van der Waals surface area contributed by atoms with Crippen molar-refractivity contribution in [2.75, 3.05) is 4.72 Å². The van der Waals surface area contributed by atoms with Crippen LogP contribution in [-0.2, 0) is 10.0 Å². The molecule has 0 unspecified atom stereocenters. The smallest absolute Gasteiger partial charge is 0.305 e. The van der Waals surface area contributed by atoms with E-state index in [0.29, 0.717) is 20.4 Å². The Morgan fingerprint density at radius 3 is 2.68 bits per heavy atom. The molecule has 3 rings (SSSR count). The lowest BCUT2D eigenvalue weighted by Crippen LogP contribution is -2.13. The second-order valence-electron chi connectivity index (χ2n) is 4.76. The third kappa shape index (κ3) is 2.94. The number of rotatable bonds is 3. The van der Waals surface area contributed by atoms with Gasteiger partial charge in [0.05, 0.1) is 20.8 Å². The standard InChI is InChI=1S/C14H11BrN2O3S2/c1-8-2-4-11(10(15)6-8)17-22(19,20)9-3-5-12-13(7-9)21-14(18)16-12/h2-7,17H,1H3,(H,16,18). The zero-order valence-corrected chi connectivity index (χ0v) is 14.6. The number of thiazole rings is 1. The topological polar surface area (TPSA) is 79.0 Å². The number of hydrogen-bond donors (Lipinski definition) is 2. The largest absolute Gasteiger partial charge is 0.312 e. The fourth-order valence-electron chi connectivity index (χ4n) is 2.00. The lowest BCUT2D eigenvalue weighted by molar-refractivity contribution is 0.601. The van der Waals surface area contributed by atoms with Gasteiger partial charge in [0.15, 0.2) is 0 Å². The van der Waals surface area contributed by atoms with Crippen molar-refractivity contribution in [1.82, 2.24) is 4.98 Å². The Bertz CT molecular complexity index is 1020. The molecule has 0 fully saturated rings. The molecule has 0 radical (unpaired) electrons. The van der Waals surface area contributed by atoms with Crippen LogP contribution in [0, 0.1) is 6.92 Å². The van der Waals surface area contributed by atoms with Crippen molar-refractivity contribution in [3.8, 4) is 0 Å². The minimum absolute atomic E-state index is 0.114. The van der Waals surface area contributed by atoms with Crippen molar-refractivity contribution in [2.24, 2.45) is 0 Å². The summed E-state index contributed by atoms with van der Waals surface area (Å²) in [5.74, 6) is 0. The second-order valence-corrected chi connectivity index (χ2v) is 8.31. The summed E-state index contributed by atoms with van der Waals surface area (Å²) in [4.78, 5) is 13.9. The predicted octanol–water partition coefficient (Wildman–Crippen LogP) is 3.46. The van der Waals surface area contributed by atoms with E-state index in [-0.39, 0.29) is 9.77 Å². The first-order valence-corrected chi connectivity index (χ1v) is 9.36. The zero-order valence-electron chi connectivity index (χ0n) is 11.4. The van der Waals surface area contributed by atoms with Crippen LogP contribution in [0.25, 0.3) is 10.2 Å². The SMILES string of the molecule is Cc1ccc(NS(=O)(=O)c2ccc3[nH]c(=O)sc3c2)c(Br)c1. The number of aromatic amines is 1. The van der Waals surface area contributed by atoms with Crippen LogP contribution in [0.3, 0.4) is 0 Å². The summed E-state index contributed by atoms with van der Waals surface area (Å²) in [6.07, 6.45) is 0. The number of hydrogen-bond acceptors (Lipinski definition) is 4. The summed E-state index contributed by atoms with van der Waals surface area (Å²) in [7, 11) is -3.72. The number of H-pyrrole nitrogens is 1. The van der Waals surface area contributed by atoms with Crippen LogP contribution in [-0.4, -0.2) is 13.4 Å². The van der Waals surface area contributed by atoms with E-state index in [9.17, 15) is 13.2 Å². The molecule has 0 saturated heterocycles. The molecular weight excluding hydrogens is 388 g/mol. The predicted molar refractivity (Wildman–Crippen MR) is 92.1 cm³/mol. The van der Waals surface area contributed by atoms with E-state index in [1.165, 1.54) is 12.1 Å². The molecule has 1 heterocycles. The Balaban J connectivity index is 2.01. The van der Waals surface area contributed by atoms with E-state index in [1.54, 1.807) is 12.1 Å². The minimum Gasteiger partial charge on any atom is -0.312 e. The molecule has 0 aliphatic carbocycles. The highest BCUT2D eigenvalue weighted by Crippen LogP contribution is 2.27. The fourth-order valence-corrected chi connectivity index (χ4v) is 4.68. The molecule has 3 aromatic rings. The molecule has 5 nitrogen and oxygen atoms in total. The summed E-state index contributed by atoms with van der Waals surface area (Å²) in [5, 5.41) is 0. The minimum atomic E-state index is -3.72. The molecule has 0 amide bonds. The van der Waals surface area contributed by atoms with Gasteiger partial charge in [0.1, 0.15) is 0 Å². The Morgan fingerprint density at radius 1 is 1.18 bits per heavy atom. The van der Waals surface area contributed by atoms with Gasteiger partial charge in [-0.05, 0) is 58.7 Å². The average Bonchev–Trinajstić information content (AvgIpc) is 2.81. The number of sulfonamides is 1. The van der Waals surface area contributed by atoms with Crippen molar-refractivity contribution in [3.05, 3.63) is 56.1 Å². The first-order chi connectivity index (χ1) is 10.3.